The largest absolute Gasteiger partial charge is 0.322 e. The highest BCUT2D eigenvalue weighted by atomic mass is 16.1. The molecule has 0 aromatic heterocycles. The van der Waals surface area contributed by atoms with Gasteiger partial charge in [0.15, 0.2) is 0 Å². The third kappa shape index (κ3) is 3.34. The molecule has 0 aliphatic carbocycles. The van der Waals surface area contributed by atoms with Crippen LogP contribution in [0, 0.1) is 11.8 Å². The van der Waals surface area contributed by atoms with E-state index in [0.717, 1.165) is 5.69 Å². The standard InChI is InChI=1S/C17H13NO/c1-2-3-9-14-10-7-8-13-16(14)17(19)18-15-11-5-4-6-12-15/h2,4-8,10-13H,1H2,(H,18,19). The Labute approximate surface area is 112 Å². The second-order valence-corrected chi connectivity index (χ2v) is 3.84. The summed E-state index contributed by atoms with van der Waals surface area (Å²) in [6.45, 7) is 3.54. The zero-order chi connectivity index (χ0) is 13.5. The number of anilines is 1. The third-order valence-corrected chi connectivity index (χ3v) is 2.51. The molecule has 0 unspecified atom stereocenters. The van der Waals surface area contributed by atoms with Crippen molar-refractivity contribution < 1.29 is 4.79 Å². The number of rotatable bonds is 2. The molecule has 0 aliphatic rings. The van der Waals surface area contributed by atoms with Crippen LogP contribution in [-0.4, -0.2) is 5.91 Å². The summed E-state index contributed by atoms with van der Waals surface area (Å²) in [5, 5.41) is 2.84. The van der Waals surface area contributed by atoms with Crippen molar-refractivity contribution in [1.29, 1.82) is 0 Å². The summed E-state index contributed by atoms with van der Waals surface area (Å²) in [5.41, 5.74) is 2.01. The Morgan fingerprint density at radius 1 is 1.05 bits per heavy atom. The first-order chi connectivity index (χ1) is 9.31. The van der Waals surface area contributed by atoms with E-state index >= 15 is 0 Å². The van der Waals surface area contributed by atoms with Gasteiger partial charge in [-0.25, -0.2) is 0 Å². The van der Waals surface area contributed by atoms with Gasteiger partial charge in [-0.1, -0.05) is 48.8 Å². The van der Waals surface area contributed by atoms with Gasteiger partial charge >= 0.3 is 0 Å². The van der Waals surface area contributed by atoms with E-state index in [-0.39, 0.29) is 5.91 Å². The highest BCUT2D eigenvalue weighted by Crippen LogP contribution is 2.12. The lowest BCUT2D eigenvalue weighted by Crippen LogP contribution is -2.13. The molecular formula is C17H13NO. The normalized spacial score (nSPS) is 9.05. The monoisotopic (exact) mass is 247 g/mol. The predicted molar refractivity (Wildman–Crippen MR) is 77.9 cm³/mol. The molecule has 0 saturated carbocycles. The van der Waals surface area contributed by atoms with E-state index in [9.17, 15) is 4.79 Å². The third-order valence-electron chi connectivity index (χ3n) is 2.51. The van der Waals surface area contributed by atoms with Crippen molar-refractivity contribution in [1.82, 2.24) is 0 Å². The number of carbonyl (C=O) groups excluding carboxylic acids is 1. The van der Waals surface area contributed by atoms with Crippen LogP contribution >= 0.6 is 0 Å². The van der Waals surface area contributed by atoms with Gasteiger partial charge < -0.3 is 5.32 Å². The molecule has 1 N–H and O–H groups in total. The van der Waals surface area contributed by atoms with E-state index in [1.807, 2.05) is 48.5 Å². The minimum absolute atomic E-state index is 0.167. The van der Waals surface area contributed by atoms with Gasteiger partial charge in [0.25, 0.3) is 5.91 Å². The Kier molecular flexibility index (Phi) is 4.15. The average molecular weight is 247 g/mol. The summed E-state index contributed by atoms with van der Waals surface area (Å²) < 4.78 is 0. The average Bonchev–Trinajstić information content (AvgIpc) is 2.46. The fraction of sp³-hybridized carbons (Fsp3) is 0. The molecule has 2 nitrogen and oxygen atoms in total. The van der Waals surface area contributed by atoms with E-state index in [1.165, 1.54) is 6.08 Å². The molecular weight excluding hydrogens is 234 g/mol. The molecule has 0 saturated heterocycles. The van der Waals surface area contributed by atoms with E-state index in [4.69, 9.17) is 0 Å². The second-order valence-electron chi connectivity index (χ2n) is 3.84. The lowest BCUT2D eigenvalue weighted by molar-refractivity contribution is 0.102. The number of carbonyl (C=O) groups is 1. The summed E-state index contributed by atoms with van der Waals surface area (Å²) in [7, 11) is 0. The first-order valence-corrected chi connectivity index (χ1v) is 5.89. The lowest BCUT2D eigenvalue weighted by atomic mass is 10.1. The molecule has 2 aromatic rings. The Morgan fingerprint density at radius 2 is 1.74 bits per heavy atom. The summed E-state index contributed by atoms with van der Waals surface area (Å²) in [4.78, 5) is 12.2. The topological polar surface area (TPSA) is 29.1 Å². The smallest absolute Gasteiger partial charge is 0.256 e. The van der Waals surface area contributed by atoms with E-state index in [2.05, 4.69) is 23.7 Å². The Hall–Kier alpha value is -2.79. The van der Waals surface area contributed by atoms with Crippen LogP contribution in [0.1, 0.15) is 15.9 Å². The number of allylic oxidation sites excluding steroid dienone is 1. The van der Waals surface area contributed by atoms with Crippen LogP contribution in [0.2, 0.25) is 0 Å². The summed E-state index contributed by atoms with van der Waals surface area (Å²) in [5.74, 6) is 5.49. The van der Waals surface area contributed by atoms with Gasteiger partial charge in [0.05, 0.1) is 5.56 Å². The van der Waals surface area contributed by atoms with Crippen LogP contribution in [0.4, 0.5) is 5.69 Å². The maximum Gasteiger partial charge on any atom is 0.256 e. The fourth-order valence-electron chi connectivity index (χ4n) is 1.64. The molecule has 0 bridgehead atoms. The predicted octanol–water partition coefficient (Wildman–Crippen LogP) is 3.48. The Bertz CT molecular complexity index is 648. The molecule has 19 heavy (non-hydrogen) atoms. The highest BCUT2D eigenvalue weighted by Gasteiger charge is 2.09. The molecule has 0 heterocycles. The molecule has 2 rings (SSSR count). The van der Waals surface area contributed by atoms with Crippen LogP contribution < -0.4 is 5.32 Å². The van der Waals surface area contributed by atoms with E-state index in [1.54, 1.807) is 6.07 Å². The van der Waals surface area contributed by atoms with Crippen molar-refractivity contribution in [2.45, 2.75) is 0 Å². The summed E-state index contributed by atoms with van der Waals surface area (Å²) in [6, 6.07) is 16.6. The number of para-hydroxylation sites is 1. The van der Waals surface area contributed by atoms with E-state index < -0.39 is 0 Å². The van der Waals surface area contributed by atoms with Gasteiger partial charge in [-0.15, -0.1) is 0 Å². The zero-order valence-corrected chi connectivity index (χ0v) is 10.4. The molecule has 0 fully saturated rings. The molecule has 0 spiro atoms. The maximum absolute atomic E-state index is 12.2. The molecule has 0 aliphatic heterocycles. The van der Waals surface area contributed by atoms with Crippen molar-refractivity contribution in [3.05, 3.63) is 78.4 Å². The molecule has 2 heteroatoms. The number of hydrogen-bond acceptors (Lipinski definition) is 1. The molecule has 2 aromatic carbocycles. The quantitative estimate of drug-likeness (QED) is 0.809. The minimum Gasteiger partial charge on any atom is -0.322 e. The van der Waals surface area contributed by atoms with Gasteiger partial charge in [-0.05, 0) is 30.3 Å². The van der Waals surface area contributed by atoms with Gasteiger partial charge in [0.2, 0.25) is 0 Å². The van der Waals surface area contributed by atoms with Gasteiger partial charge in [0, 0.05) is 11.3 Å². The van der Waals surface area contributed by atoms with Gasteiger partial charge in [-0.3, -0.25) is 4.79 Å². The number of hydrogen-bond donors (Lipinski definition) is 1. The molecule has 92 valence electrons. The van der Waals surface area contributed by atoms with Crippen molar-refractivity contribution in [3.8, 4) is 11.8 Å². The fourth-order valence-corrected chi connectivity index (χ4v) is 1.64. The zero-order valence-electron chi connectivity index (χ0n) is 10.4. The van der Waals surface area contributed by atoms with Crippen LogP contribution in [-0.2, 0) is 0 Å². The first-order valence-electron chi connectivity index (χ1n) is 5.89. The number of benzene rings is 2. The van der Waals surface area contributed by atoms with Crippen LogP contribution in [0.25, 0.3) is 0 Å². The first kappa shape index (κ1) is 12.7. The van der Waals surface area contributed by atoms with Crippen LogP contribution in [0.15, 0.2) is 67.3 Å². The highest BCUT2D eigenvalue weighted by molar-refractivity contribution is 6.05. The van der Waals surface area contributed by atoms with Gasteiger partial charge in [0.1, 0.15) is 0 Å². The van der Waals surface area contributed by atoms with Gasteiger partial charge in [-0.2, -0.15) is 0 Å². The van der Waals surface area contributed by atoms with E-state index in [0.29, 0.717) is 11.1 Å². The SMILES string of the molecule is C=CC#Cc1ccccc1C(=O)Nc1ccccc1. The number of nitrogens with one attached hydrogen (secondary N) is 1. The van der Waals surface area contributed by atoms with Crippen molar-refractivity contribution in [2.75, 3.05) is 5.32 Å². The van der Waals surface area contributed by atoms with Crippen molar-refractivity contribution >= 4 is 11.6 Å². The minimum atomic E-state index is -0.167. The molecule has 0 atom stereocenters. The summed E-state index contributed by atoms with van der Waals surface area (Å²) in [6.07, 6.45) is 1.51. The molecule has 1 amide bonds. The lowest BCUT2D eigenvalue weighted by Gasteiger charge is -2.06. The second kappa shape index (κ2) is 6.23. The Morgan fingerprint density at radius 3 is 2.47 bits per heavy atom. The number of amides is 1. The Balaban J connectivity index is 2.26. The van der Waals surface area contributed by atoms with Crippen molar-refractivity contribution in [3.63, 3.8) is 0 Å². The summed E-state index contributed by atoms with van der Waals surface area (Å²) >= 11 is 0. The molecule has 0 radical (unpaired) electrons. The van der Waals surface area contributed by atoms with Crippen LogP contribution in [0.3, 0.4) is 0 Å². The van der Waals surface area contributed by atoms with Crippen molar-refractivity contribution in [2.24, 2.45) is 0 Å². The van der Waals surface area contributed by atoms with Crippen LogP contribution in [0.5, 0.6) is 0 Å². The maximum atomic E-state index is 12.2.